The van der Waals surface area contributed by atoms with E-state index in [0.29, 0.717) is 18.5 Å². The molecule has 1 aromatic carbocycles. The van der Waals surface area contributed by atoms with Gasteiger partial charge in [0, 0.05) is 6.42 Å². The molecule has 0 spiro atoms. The van der Waals surface area contributed by atoms with Crippen LogP contribution >= 0.6 is 0 Å². The third kappa shape index (κ3) is 2.99. The Hall–Kier alpha value is -2.10. The molecule has 2 rings (SSSR count). The average molecular weight is 287 g/mol. The minimum absolute atomic E-state index is 0.0784. The van der Waals surface area contributed by atoms with Crippen LogP contribution in [0.3, 0.4) is 0 Å². The lowest BCUT2D eigenvalue weighted by molar-refractivity contribution is -0.117. The molecular weight excluding hydrogens is 266 g/mol. The summed E-state index contributed by atoms with van der Waals surface area (Å²) in [6, 6.07) is 9.60. The first-order chi connectivity index (χ1) is 9.85. The second-order valence-corrected chi connectivity index (χ2v) is 5.70. The van der Waals surface area contributed by atoms with E-state index in [1.54, 1.807) is 4.90 Å². The summed E-state index contributed by atoms with van der Waals surface area (Å²) in [7, 11) is 0. The maximum atomic E-state index is 12.2. The van der Waals surface area contributed by atoms with Crippen molar-refractivity contribution < 1.29 is 14.3 Å². The van der Waals surface area contributed by atoms with E-state index in [9.17, 15) is 9.59 Å². The molecule has 0 aliphatic carbocycles. The second kappa shape index (κ2) is 5.72. The number of nitrogens with zero attached hydrogens (tertiary/aromatic N) is 1. The summed E-state index contributed by atoms with van der Waals surface area (Å²) in [4.78, 5) is 25.0. The SMILES string of the molecule is C=C1N([C@@H](C)c2ccccc2)C(=O)O[C@@]1(C)CCC(C)=O. The lowest BCUT2D eigenvalue weighted by atomic mass is 9.94. The lowest BCUT2D eigenvalue weighted by Crippen LogP contribution is -2.30. The fraction of sp³-hybridized carbons (Fsp3) is 0.412. The van der Waals surface area contributed by atoms with Gasteiger partial charge >= 0.3 is 6.09 Å². The summed E-state index contributed by atoms with van der Waals surface area (Å²) in [6.45, 7) is 9.32. The number of carbonyl (C=O) groups is 2. The van der Waals surface area contributed by atoms with Crippen molar-refractivity contribution in [3.63, 3.8) is 0 Å². The third-order valence-corrected chi connectivity index (χ3v) is 4.03. The van der Waals surface area contributed by atoms with Crippen molar-refractivity contribution in [3.8, 4) is 0 Å². The highest BCUT2D eigenvalue weighted by Gasteiger charge is 2.47. The standard InChI is InChI=1S/C17H21NO3/c1-12(19)10-11-17(4)14(3)18(16(20)21-17)13(2)15-8-6-5-7-9-15/h5-9,13H,3,10-11H2,1-2,4H3/t13-,17-/m0/s1. The smallest absolute Gasteiger partial charge is 0.415 e. The Morgan fingerprint density at radius 3 is 2.57 bits per heavy atom. The maximum absolute atomic E-state index is 12.2. The summed E-state index contributed by atoms with van der Waals surface area (Å²) in [6.07, 6.45) is 0.434. The quantitative estimate of drug-likeness (QED) is 0.826. The van der Waals surface area contributed by atoms with Crippen LogP contribution in [0.2, 0.25) is 0 Å². The Morgan fingerprint density at radius 1 is 1.38 bits per heavy atom. The Labute approximate surface area is 125 Å². The van der Waals surface area contributed by atoms with E-state index >= 15 is 0 Å². The van der Waals surface area contributed by atoms with E-state index in [-0.39, 0.29) is 11.8 Å². The molecule has 0 unspecified atom stereocenters. The monoisotopic (exact) mass is 287 g/mol. The number of rotatable bonds is 5. The van der Waals surface area contributed by atoms with Gasteiger partial charge in [-0.2, -0.15) is 0 Å². The van der Waals surface area contributed by atoms with E-state index in [1.165, 1.54) is 6.92 Å². The molecule has 1 amide bonds. The molecule has 0 aromatic heterocycles. The molecule has 1 aromatic rings. The molecule has 0 saturated carbocycles. The van der Waals surface area contributed by atoms with Crippen molar-refractivity contribution in [2.24, 2.45) is 0 Å². The van der Waals surface area contributed by atoms with Gasteiger partial charge in [-0.15, -0.1) is 0 Å². The summed E-state index contributed by atoms with van der Waals surface area (Å²) in [5, 5.41) is 0. The van der Waals surface area contributed by atoms with Gasteiger partial charge < -0.3 is 9.53 Å². The molecule has 0 radical (unpaired) electrons. The highest BCUT2D eigenvalue weighted by atomic mass is 16.6. The molecule has 2 atom stereocenters. The minimum atomic E-state index is -0.800. The summed E-state index contributed by atoms with van der Waals surface area (Å²) in [5.74, 6) is 0.0784. The molecule has 4 heteroatoms. The average Bonchev–Trinajstić information content (AvgIpc) is 2.68. The van der Waals surface area contributed by atoms with Crippen molar-refractivity contribution in [1.82, 2.24) is 4.90 Å². The van der Waals surface area contributed by atoms with Crippen LogP contribution in [0.15, 0.2) is 42.6 Å². The highest BCUT2D eigenvalue weighted by molar-refractivity contribution is 5.77. The van der Waals surface area contributed by atoms with Crippen LogP contribution in [-0.2, 0) is 9.53 Å². The van der Waals surface area contributed by atoms with Gasteiger partial charge in [0.05, 0.1) is 11.7 Å². The van der Waals surface area contributed by atoms with E-state index in [4.69, 9.17) is 4.74 Å². The zero-order valence-corrected chi connectivity index (χ0v) is 12.8. The van der Waals surface area contributed by atoms with Crippen molar-refractivity contribution in [1.29, 1.82) is 0 Å². The number of benzene rings is 1. The van der Waals surface area contributed by atoms with Crippen LogP contribution < -0.4 is 0 Å². The van der Waals surface area contributed by atoms with Gasteiger partial charge in [0.1, 0.15) is 5.78 Å². The van der Waals surface area contributed by atoms with Crippen LogP contribution in [0.1, 0.15) is 45.2 Å². The van der Waals surface area contributed by atoms with Gasteiger partial charge in [0.25, 0.3) is 0 Å². The Bertz CT molecular complexity index is 567. The van der Waals surface area contributed by atoms with Crippen molar-refractivity contribution in [2.75, 3.05) is 0 Å². The number of hydrogen-bond donors (Lipinski definition) is 0. The summed E-state index contributed by atoms with van der Waals surface area (Å²) in [5.41, 5.74) is 0.836. The van der Waals surface area contributed by atoms with Crippen LogP contribution in [0.25, 0.3) is 0 Å². The number of cyclic esters (lactones) is 1. The molecule has 0 bridgehead atoms. The number of amides is 1. The molecule has 4 nitrogen and oxygen atoms in total. The van der Waals surface area contributed by atoms with E-state index < -0.39 is 11.7 Å². The van der Waals surface area contributed by atoms with Crippen LogP contribution in [0.5, 0.6) is 0 Å². The molecule has 1 fully saturated rings. The predicted octanol–water partition coefficient (Wildman–Crippen LogP) is 3.84. The number of ketones is 1. The summed E-state index contributed by atoms with van der Waals surface area (Å²) < 4.78 is 5.50. The van der Waals surface area contributed by atoms with E-state index in [0.717, 1.165) is 5.56 Å². The second-order valence-electron chi connectivity index (χ2n) is 5.70. The zero-order chi connectivity index (χ0) is 15.6. The first-order valence-corrected chi connectivity index (χ1v) is 7.11. The molecule has 1 heterocycles. The van der Waals surface area contributed by atoms with Gasteiger partial charge in [-0.25, -0.2) is 4.79 Å². The lowest BCUT2D eigenvalue weighted by Gasteiger charge is -2.27. The number of carbonyl (C=O) groups excluding carboxylic acids is 2. The van der Waals surface area contributed by atoms with E-state index in [2.05, 4.69) is 6.58 Å². The molecule has 1 aliphatic rings. The van der Waals surface area contributed by atoms with Crippen LogP contribution in [0, 0.1) is 0 Å². The first-order valence-electron chi connectivity index (χ1n) is 7.11. The molecule has 1 aliphatic heterocycles. The Kier molecular flexibility index (Phi) is 4.16. The predicted molar refractivity (Wildman–Crippen MR) is 80.6 cm³/mol. The van der Waals surface area contributed by atoms with Crippen LogP contribution in [-0.4, -0.2) is 22.4 Å². The fourth-order valence-electron chi connectivity index (χ4n) is 2.55. The number of ether oxygens (including phenoxy) is 1. The number of Topliss-reactive ketones (excluding diaryl/α,β-unsaturated/α-hetero) is 1. The molecular formula is C17H21NO3. The van der Waals surface area contributed by atoms with E-state index in [1.807, 2.05) is 44.2 Å². The third-order valence-electron chi connectivity index (χ3n) is 4.03. The number of hydrogen-bond acceptors (Lipinski definition) is 3. The van der Waals surface area contributed by atoms with Crippen molar-refractivity contribution in [2.45, 2.75) is 45.3 Å². The fourth-order valence-corrected chi connectivity index (χ4v) is 2.55. The minimum Gasteiger partial charge on any atom is -0.436 e. The zero-order valence-electron chi connectivity index (χ0n) is 12.8. The molecule has 112 valence electrons. The normalized spacial score (nSPS) is 23.1. The van der Waals surface area contributed by atoms with Gasteiger partial charge in [0.15, 0.2) is 5.60 Å². The van der Waals surface area contributed by atoms with Gasteiger partial charge in [-0.1, -0.05) is 36.9 Å². The highest BCUT2D eigenvalue weighted by Crippen LogP contribution is 2.40. The molecule has 1 saturated heterocycles. The van der Waals surface area contributed by atoms with Crippen molar-refractivity contribution in [3.05, 3.63) is 48.2 Å². The summed E-state index contributed by atoms with van der Waals surface area (Å²) >= 11 is 0. The van der Waals surface area contributed by atoms with Gasteiger partial charge in [-0.3, -0.25) is 4.90 Å². The first kappa shape index (κ1) is 15.3. The van der Waals surface area contributed by atoms with Crippen LogP contribution in [0.4, 0.5) is 4.79 Å². The van der Waals surface area contributed by atoms with Gasteiger partial charge in [0.2, 0.25) is 0 Å². The topological polar surface area (TPSA) is 46.6 Å². The largest absolute Gasteiger partial charge is 0.436 e. The maximum Gasteiger partial charge on any atom is 0.415 e. The Balaban J connectivity index is 2.20. The molecule has 0 N–H and O–H groups in total. The van der Waals surface area contributed by atoms with Gasteiger partial charge in [-0.05, 0) is 32.8 Å². The van der Waals surface area contributed by atoms with Crippen molar-refractivity contribution >= 4 is 11.9 Å². The Morgan fingerprint density at radius 2 is 2.00 bits per heavy atom. The molecule has 21 heavy (non-hydrogen) atoms.